The van der Waals surface area contributed by atoms with Gasteiger partial charge in [-0.3, -0.25) is 9.69 Å². The van der Waals surface area contributed by atoms with Crippen LogP contribution in [-0.2, 0) is 19.7 Å². The van der Waals surface area contributed by atoms with Gasteiger partial charge in [0.15, 0.2) is 24.8 Å². The summed E-state index contributed by atoms with van der Waals surface area (Å²) >= 11 is 1.21. The maximum atomic E-state index is 13.7. The zero-order valence-electron chi connectivity index (χ0n) is 19.7. The van der Waals surface area contributed by atoms with E-state index < -0.39 is 25.6 Å². The van der Waals surface area contributed by atoms with Gasteiger partial charge < -0.3 is 4.90 Å². The van der Waals surface area contributed by atoms with Gasteiger partial charge >= 0.3 is 0 Å². The van der Waals surface area contributed by atoms with E-state index in [1.165, 1.54) is 34.4 Å². The van der Waals surface area contributed by atoms with Gasteiger partial charge in [0.05, 0.1) is 31.3 Å². The van der Waals surface area contributed by atoms with Gasteiger partial charge in [-0.25, -0.2) is 21.8 Å². The Labute approximate surface area is 205 Å². The van der Waals surface area contributed by atoms with Gasteiger partial charge in [-0.2, -0.15) is 0 Å². The number of likely N-dealkylation sites (N-methyl/N-ethyl adjacent to an activating group) is 1. The molecule has 1 amide bonds. The van der Waals surface area contributed by atoms with Crippen molar-refractivity contribution >= 4 is 52.3 Å². The van der Waals surface area contributed by atoms with E-state index in [1.807, 2.05) is 13.8 Å². The molecule has 0 radical (unpaired) electrons. The van der Waals surface area contributed by atoms with Crippen molar-refractivity contribution in [2.45, 2.75) is 30.6 Å². The summed E-state index contributed by atoms with van der Waals surface area (Å²) in [4.78, 5) is 22.1. The summed E-state index contributed by atoms with van der Waals surface area (Å²) in [5.74, 6) is -0.575. The number of hydrogen-bond donors (Lipinski definition) is 0. The van der Waals surface area contributed by atoms with Crippen molar-refractivity contribution in [1.82, 2.24) is 9.88 Å². The number of amides is 1. The molecule has 0 fully saturated rings. The van der Waals surface area contributed by atoms with Gasteiger partial charge in [0.2, 0.25) is 0 Å². The van der Waals surface area contributed by atoms with Crippen LogP contribution in [0.3, 0.4) is 0 Å². The standard InChI is InChI=1S/C23H29N3O5S3/c1-5-25(6-2)14-15-26(22(27)18-10-8-9-11-21(18)34(30,31)7-3)23-24-19-13-12-17(33(4,28)29)16-20(19)32-23/h8-13,16H,5-7,14-15H2,1-4H3. The van der Waals surface area contributed by atoms with Crippen molar-refractivity contribution in [3.8, 4) is 0 Å². The SMILES string of the molecule is CCN(CC)CCN(C(=O)c1ccccc1S(=O)(=O)CC)c1nc2ccc(S(C)(=O)=O)cc2s1. The van der Waals surface area contributed by atoms with E-state index in [1.54, 1.807) is 31.2 Å². The molecule has 3 rings (SSSR count). The van der Waals surface area contributed by atoms with E-state index in [2.05, 4.69) is 9.88 Å². The van der Waals surface area contributed by atoms with Crippen LogP contribution in [-0.4, -0.2) is 70.8 Å². The molecule has 3 aromatic rings. The van der Waals surface area contributed by atoms with Crippen molar-refractivity contribution in [3.63, 3.8) is 0 Å². The summed E-state index contributed by atoms with van der Waals surface area (Å²) < 4.78 is 49.9. The Kier molecular flexibility index (Phi) is 8.12. The van der Waals surface area contributed by atoms with Crippen LogP contribution in [0.5, 0.6) is 0 Å². The second kappa shape index (κ2) is 10.5. The molecule has 0 aliphatic carbocycles. The smallest absolute Gasteiger partial charge is 0.261 e. The van der Waals surface area contributed by atoms with Crippen molar-refractivity contribution in [1.29, 1.82) is 0 Å². The molecule has 0 aliphatic rings. The van der Waals surface area contributed by atoms with E-state index in [0.717, 1.165) is 19.3 Å². The molecule has 0 aliphatic heterocycles. The Morgan fingerprint density at radius 3 is 2.26 bits per heavy atom. The maximum absolute atomic E-state index is 13.7. The summed E-state index contributed by atoms with van der Waals surface area (Å²) in [6, 6.07) is 10.9. The predicted octanol–water partition coefficient (Wildman–Crippen LogP) is 3.48. The predicted molar refractivity (Wildman–Crippen MR) is 136 cm³/mol. The molecular weight excluding hydrogens is 494 g/mol. The molecule has 0 saturated carbocycles. The molecule has 0 unspecified atom stereocenters. The summed E-state index contributed by atoms with van der Waals surface area (Å²) in [5, 5.41) is 0.390. The third-order valence-electron chi connectivity index (χ3n) is 5.62. The highest BCUT2D eigenvalue weighted by Gasteiger charge is 2.27. The molecule has 1 heterocycles. The van der Waals surface area contributed by atoms with Crippen LogP contribution in [0.4, 0.5) is 5.13 Å². The maximum Gasteiger partial charge on any atom is 0.261 e. The minimum Gasteiger partial charge on any atom is -0.302 e. The average molecular weight is 524 g/mol. The Balaban J connectivity index is 2.11. The van der Waals surface area contributed by atoms with Crippen LogP contribution >= 0.6 is 11.3 Å². The number of fused-ring (bicyclic) bond motifs is 1. The number of rotatable bonds is 10. The zero-order valence-corrected chi connectivity index (χ0v) is 22.1. The summed E-state index contributed by atoms with van der Waals surface area (Å²) in [6.07, 6.45) is 1.14. The van der Waals surface area contributed by atoms with Gasteiger partial charge in [0.25, 0.3) is 5.91 Å². The zero-order chi connectivity index (χ0) is 25.1. The lowest BCUT2D eigenvalue weighted by molar-refractivity contribution is 0.0980. The first-order valence-corrected chi connectivity index (χ1v) is 15.3. The lowest BCUT2D eigenvalue weighted by atomic mass is 10.2. The second-order valence-corrected chi connectivity index (χ2v) is 13.1. The largest absolute Gasteiger partial charge is 0.302 e. The summed E-state index contributed by atoms with van der Waals surface area (Å²) in [5.41, 5.74) is 0.669. The minimum atomic E-state index is -3.62. The van der Waals surface area contributed by atoms with E-state index in [-0.39, 0.29) is 21.1 Å². The van der Waals surface area contributed by atoms with Gasteiger partial charge in [-0.1, -0.05) is 44.2 Å². The first kappa shape index (κ1) is 26.3. The van der Waals surface area contributed by atoms with Crippen molar-refractivity contribution in [3.05, 3.63) is 48.0 Å². The van der Waals surface area contributed by atoms with Gasteiger partial charge in [0.1, 0.15) is 0 Å². The molecule has 2 aromatic carbocycles. The lowest BCUT2D eigenvalue weighted by Gasteiger charge is -2.25. The third kappa shape index (κ3) is 5.65. The van der Waals surface area contributed by atoms with Crippen LogP contribution in [0, 0.1) is 0 Å². The molecular formula is C23H29N3O5S3. The first-order valence-electron chi connectivity index (χ1n) is 11.0. The fraction of sp³-hybridized carbons (Fsp3) is 0.391. The normalized spacial score (nSPS) is 12.4. The molecule has 8 nitrogen and oxygen atoms in total. The third-order valence-corrected chi connectivity index (χ3v) is 9.56. The van der Waals surface area contributed by atoms with E-state index in [4.69, 9.17) is 0 Å². The topological polar surface area (TPSA) is 105 Å². The van der Waals surface area contributed by atoms with Crippen LogP contribution in [0.2, 0.25) is 0 Å². The van der Waals surface area contributed by atoms with E-state index in [0.29, 0.717) is 28.4 Å². The first-order chi connectivity index (χ1) is 16.0. The number of carbonyl (C=O) groups is 1. The average Bonchev–Trinajstić information content (AvgIpc) is 3.24. The molecule has 0 spiro atoms. The van der Waals surface area contributed by atoms with Crippen LogP contribution in [0.1, 0.15) is 31.1 Å². The number of nitrogens with zero attached hydrogens (tertiary/aromatic N) is 3. The molecule has 184 valence electrons. The van der Waals surface area contributed by atoms with Gasteiger partial charge in [0, 0.05) is 19.3 Å². The summed E-state index contributed by atoms with van der Waals surface area (Å²) in [6.45, 7) is 8.09. The number of sulfone groups is 2. The van der Waals surface area contributed by atoms with Crippen molar-refractivity contribution < 1.29 is 21.6 Å². The Morgan fingerprint density at radius 2 is 1.65 bits per heavy atom. The molecule has 0 bridgehead atoms. The number of aromatic nitrogens is 1. The fourth-order valence-electron chi connectivity index (χ4n) is 3.52. The number of carbonyl (C=O) groups excluding carboxylic acids is 1. The number of hydrogen-bond acceptors (Lipinski definition) is 8. The number of thiazole rings is 1. The number of anilines is 1. The quantitative estimate of drug-likeness (QED) is 0.401. The summed E-state index contributed by atoms with van der Waals surface area (Å²) in [7, 11) is -7.01. The molecule has 0 N–H and O–H groups in total. The van der Waals surface area contributed by atoms with Gasteiger partial charge in [-0.15, -0.1) is 0 Å². The minimum absolute atomic E-state index is 0.00388. The highest BCUT2D eigenvalue weighted by molar-refractivity contribution is 7.91. The fourth-order valence-corrected chi connectivity index (χ4v) is 6.36. The second-order valence-electron chi connectivity index (χ2n) is 7.78. The molecule has 34 heavy (non-hydrogen) atoms. The van der Waals surface area contributed by atoms with Crippen LogP contribution < -0.4 is 4.90 Å². The molecule has 1 aromatic heterocycles. The van der Waals surface area contributed by atoms with Crippen LogP contribution in [0.25, 0.3) is 10.2 Å². The van der Waals surface area contributed by atoms with Gasteiger partial charge in [-0.05, 0) is 43.4 Å². The lowest BCUT2D eigenvalue weighted by Crippen LogP contribution is -2.39. The Hall–Kier alpha value is -2.34. The van der Waals surface area contributed by atoms with E-state index >= 15 is 0 Å². The highest BCUT2D eigenvalue weighted by Crippen LogP contribution is 2.32. The monoisotopic (exact) mass is 523 g/mol. The Morgan fingerprint density at radius 1 is 0.971 bits per heavy atom. The van der Waals surface area contributed by atoms with Crippen molar-refractivity contribution in [2.24, 2.45) is 0 Å². The molecule has 11 heteroatoms. The van der Waals surface area contributed by atoms with Crippen LogP contribution in [0.15, 0.2) is 52.3 Å². The Bertz CT molecular complexity index is 1390. The number of benzene rings is 2. The highest BCUT2D eigenvalue weighted by atomic mass is 32.2. The molecule has 0 saturated heterocycles. The molecule has 0 atom stereocenters. The van der Waals surface area contributed by atoms with E-state index in [9.17, 15) is 21.6 Å². The van der Waals surface area contributed by atoms with Crippen molar-refractivity contribution in [2.75, 3.05) is 43.1 Å².